The van der Waals surface area contributed by atoms with Crippen LogP contribution in [-0.4, -0.2) is 72.3 Å². The Kier molecular flexibility index (Phi) is 4.83. The molecule has 1 atom stereocenters. The van der Waals surface area contributed by atoms with E-state index in [0.717, 1.165) is 16.8 Å². The molecule has 8 heteroatoms. The predicted molar refractivity (Wildman–Crippen MR) is 94.9 cm³/mol. The smallest absolute Gasteiger partial charge is 0.407 e. The van der Waals surface area contributed by atoms with Gasteiger partial charge in [0.15, 0.2) is 0 Å². The molecule has 3 rings (SSSR count). The number of anilines is 1. The number of hydrogen-bond donors (Lipinski definition) is 1. The highest BCUT2D eigenvalue weighted by Gasteiger charge is 2.42. The molecule has 0 aromatic heterocycles. The van der Waals surface area contributed by atoms with Gasteiger partial charge in [-0.05, 0) is 30.2 Å². The van der Waals surface area contributed by atoms with Crippen LogP contribution in [0.1, 0.15) is 12.5 Å². The summed E-state index contributed by atoms with van der Waals surface area (Å²) in [4.78, 5) is 39.9. The standard InChI is InChI=1S/C18H21N3O5/c1-12(9-16(22)26-2)13-3-5-14(6-4-13)21-11-15-10-19(18(24)25)7-8-20(15)17(21)23/h3-6,9,15H,7-8,10-11H2,1-2H3,(H,24,25)/t15-/m0/s1. The van der Waals surface area contributed by atoms with Crippen LogP contribution in [0.2, 0.25) is 0 Å². The number of carboxylic acid groups (broad SMARTS) is 1. The summed E-state index contributed by atoms with van der Waals surface area (Å²) < 4.78 is 4.62. The Bertz CT molecular complexity index is 759. The first-order valence-electron chi connectivity index (χ1n) is 8.33. The number of allylic oxidation sites excluding steroid dienone is 1. The van der Waals surface area contributed by atoms with E-state index in [4.69, 9.17) is 5.11 Å². The molecule has 0 spiro atoms. The predicted octanol–water partition coefficient (Wildman–Crippen LogP) is 1.87. The van der Waals surface area contributed by atoms with Gasteiger partial charge in [0.1, 0.15) is 0 Å². The molecule has 8 nitrogen and oxygen atoms in total. The number of piperazine rings is 1. The van der Waals surface area contributed by atoms with Gasteiger partial charge in [0.2, 0.25) is 0 Å². The van der Waals surface area contributed by atoms with E-state index in [2.05, 4.69) is 4.74 Å². The monoisotopic (exact) mass is 359 g/mol. The second kappa shape index (κ2) is 7.07. The van der Waals surface area contributed by atoms with Crippen molar-refractivity contribution < 1.29 is 24.2 Å². The maximum Gasteiger partial charge on any atom is 0.407 e. The molecule has 0 bridgehead atoms. The largest absolute Gasteiger partial charge is 0.466 e. The summed E-state index contributed by atoms with van der Waals surface area (Å²) in [5, 5.41) is 9.14. The van der Waals surface area contributed by atoms with E-state index in [9.17, 15) is 14.4 Å². The summed E-state index contributed by atoms with van der Waals surface area (Å²) in [7, 11) is 1.33. The highest BCUT2D eigenvalue weighted by atomic mass is 16.5. The highest BCUT2D eigenvalue weighted by molar-refractivity contribution is 5.95. The normalized spacial score (nSPS) is 20.2. The van der Waals surface area contributed by atoms with E-state index in [0.29, 0.717) is 26.2 Å². The van der Waals surface area contributed by atoms with Gasteiger partial charge in [0.25, 0.3) is 0 Å². The lowest BCUT2D eigenvalue weighted by Gasteiger charge is -2.34. The third kappa shape index (κ3) is 3.35. The Balaban J connectivity index is 1.74. The zero-order valence-electron chi connectivity index (χ0n) is 14.7. The number of nitrogens with zero attached hydrogens (tertiary/aromatic N) is 3. The fourth-order valence-electron chi connectivity index (χ4n) is 3.32. The molecule has 2 heterocycles. The van der Waals surface area contributed by atoms with Crippen molar-refractivity contribution in [2.75, 3.05) is 38.2 Å². The lowest BCUT2D eigenvalue weighted by molar-refractivity contribution is -0.134. The molecule has 0 radical (unpaired) electrons. The van der Waals surface area contributed by atoms with Gasteiger partial charge < -0.3 is 19.6 Å². The molecule has 2 saturated heterocycles. The molecule has 2 aliphatic heterocycles. The average molecular weight is 359 g/mol. The quantitative estimate of drug-likeness (QED) is 0.657. The molecule has 1 aromatic rings. The number of carbonyl (C=O) groups excluding carboxylic acids is 2. The van der Waals surface area contributed by atoms with Gasteiger partial charge in [-0.2, -0.15) is 0 Å². The number of benzene rings is 1. The molecule has 26 heavy (non-hydrogen) atoms. The van der Waals surface area contributed by atoms with Crippen LogP contribution in [0.3, 0.4) is 0 Å². The second-order valence-corrected chi connectivity index (χ2v) is 6.37. The van der Waals surface area contributed by atoms with E-state index in [1.54, 1.807) is 9.80 Å². The van der Waals surface area contributed by atoms with Gasteiger partial charge in [-0.25, -0.2) is 14.4 Å². The number of urea groups is 1. The Morgan fingerprint density at radius 3 is 2.50 bits per heavy atom. The van der Waals surface area contributed by atoms with Gasteiger partial charge >= 0.3 is 18.1 Å². The first-order valence-corrected chi connectivity index (χ1v) is 8.33. The minimum absolute atomic E-state index is 0.102. The van der Waals surface area contributed by atoms with Crippen molar-refractivity contribution in [3.05, 3.63) is 35.9 Å². The number of ether oxygens (including phenoxy) is 1. The SMILES string of the molecule is COC(=O)C=C(C)c1ccc(N2C[C@@H]3CN(C(=O)O)CCN3C2=O)cc1. The molecular weight excluding hydrogens is 338 g/mol. The average Bonchev–Trinajstić information content (AvgIpc) is 2.97. The van der Waals surface area contributed by atoms with E-state index in [1.165, 1.54) is 18.1 Å². The Morgan fingerprint density at radius 2 is 1.88 bits per heavy atom. The molecule has 0 saturated carbocycles. The minimum Gasteiger partial charge on any atom is -0.466 e. The molecular formula is C18H21N3O5. The van der Waals surface area contributed by atoms with Crippen LogP contribution in [-0.2, 0) is 9.53 Å². The summed E-state index contributed by atoms with van der Waals surface area (Å²) in [5.74, 6) is -0.416. The third-order valence-corrected chi connectivity index (χ3v) is 4.79. The van der Waals surface area contributed by atoms with Crippen LogP contribution in [0.5, 0.6) is 0 Å². The second-order valence-electron chi connectivity index (χ2n) is 6.37. The van der Waals surface area contributed by atoms with Gasteiger partial charge in [-0.3, -0.25) is 4.90 Å². The van der Waals surface area contributed by atoms with Crippen molar-refractivity contribution in [1.29, 1.82) is 0 Å². The number of hydrogen-bond acceptors (Lipinski definition) is 4. The maximum absolute atomic E-state index is 12.6. The Labute approximate surface area is 151 Å². The van der Waals surface area contributed by atoms with Crippen molar-refractivity contribution in [3.8, 4) is 0 Å². The lowest BCUT2D eigenvalue weighted by atomic mass is 10.1. The fourth-order valence-corrected chi connectivity index (χ4v) is 3.32. The molecule has 1 aromatic carbocycles. The number of methoxy groups -OCH3 is 1. The topological polar surface area (TPSA) is 90.4 Å². The summed E-state index contributed by atoms with van der Waals surface area (Å²) in [6.45, 7) is 3.34. The van der Waals surface area contributed by atoms with Crippen molar-refractivity contribution >= 4 is 29.4 Å². The minimum atomic E-state index is -0.951. The fraction of sp³-hybridized carbons (Fsp3) is 0.389. The van der Waals surface area contributed by atoms with E-state index in [-0.39, 0.29) is 12.1 Å². The number of fused-ring (bicyclic) bond motifs is 1. The van der Waals surface area contributed by atoms with Crippen LogP contribution in [0.15, 0.2) is 30.3 Å². The van der Waals surface area contributed by atoms with Crippen molar-refractivity contribution in [2.24, 2.45) is 0 Å². The molecule has 2 fully saturated rings. The van der Waals surface area contributed by atoms with Gasteiger partial charge in [0.05, 0.1) is 13.2 Å². The molecule has 1 N–H and O–H groups in total. The maximum atomic E-state index is 12.6. The zero-order valence-corrected chi connectivity index (χ0v) is 14.7. The van der Waals surface area contributed by atoms with Gasteiger partial charge in [-0.15, -0.1) is 0 Å². The van der Waals surface area contributed by atoms with Crippen molar-refractivity contribution in [2.45, 2.75) is 13.0 Å². The highest BCUT2D eigenvalue weighted by Crippen LogP contribution is 2.27. The third-order valence-electron chi connectivity index (χ3n) is 4.79. The zero-order chi connectivity index (χ0) is 18.8. The number of rotatable bonds is 3. The molecule has 138 valence electrons. The summed E-state index contributed by atoms with van der Waals surface area (Å²) in [5.41, 5.74) is 2.38. The molecule has 0 aliphatic carbocycles. The number of carbonyl (C=O) groups is 3. The van der Waals surface area contributed by atoms with Gasteiger partial charge in [-0.1, -0.05) is 12.1 Å². The van der Waals surface area contributed by atoms with E-state index < -0.39 is 12.1 Å². The molecule has 3 amide bonds. The molecule has 0 unspecified atom stereocenters. The van der Waals surface area contributed by atoms with Gasteiger partial charge in [0, 0.05) is 37.9 Å². The van der Waals surface area contributed by atoms with Crippen molar-refractivity contribution in [3.63, 3.8) is 0 Å². The summed E-state index contributed by atoms with van der Waals surface area (Å²) >= 11 is 0. The van der Waals surface area contributed by atoms with Crippen LogP contribution >= 0.6 is 0 Å². The van der Waals surface area contributed by atoms with Crippen LogP contribution in [0.25, 0.3) is 5.57 Å². The van der Waals surface area contributed by atoms with E-state index in [1.807, 2.05) is 31.2 Å². The summed E-state index contributed by atoms with van der Waals surface area (Å²) in [6, 6.07) is 7.11. The number of esters is 1. The number of amides is 3. The van der Waals surface area contributed by atoms with E-state index >= 15 is 0 Å². The van der Waals surface area contributed by atoms with Crippen LogP contribution in [0, 0.1) is 0 Å². The first kappa shape index (κ1) is 17.8. The Hall–Kier alpha value is -3.03. The first-order chi connectivity index (χ1) is 12.4. The molecule has 2 aliphatic rings. The van der Waals surface area contributed by atoms with Crippen LogP contribution in [0.4, 0.5) is 15.3 Å². The summed E-state index contributed by atoms with van der Waals surface area (Å²) in [6.07, 6.45) is 0.462. The van der Waals surface area contributed by atoms with Crippen LogP contribution < -0.4 is 4.90 Å². The lowest BCUT2D eigenvalue weighted by Crippen LogP contribution is -2.53. The van der Waals surface area contributed by atoms with Crippen molar-refractivity contribution in [1.82, 2.24) is 9.80 Å². The Morgan fingerprint density at radius 1 is 1.19 bits per heavy atom.